The van der Waals surface area contributed by atoms with Gasteiger partial charge in [0, 0.05) is 26.6 Å². The molecule has 254 valence electrons. The number of esters is 2. The molecule has 0 saturated heterocycles. The van der Waals surface area contributed by atoms with E-state index in [1.807, 2.05) is 51.0 Å². The SMILES string of the molecule is C1CC1.C=O.CC.CO.COC(=O)CCCCN(CCc1ccccc1OCc1ccc(C)cc1)Cc1ccc(C(=O)OC)cc1. The predicted molar refractivity (Wildman–Crippen MR) is 185 cm³/mol. The number of benzene rings is 3. The van der Waals surface area contributed by atoms with Crippen molar-refractivity contribution in [3.63, 3.8) is 0 Å². The smallest absolute Gasteiger partial charge is 0.337 e. The number of carbonyl (C=O) groups is 3. The van der Waals surface area contributed by atoms with Crippen LogP contribution >= 0.6 is 0 Å². The van der Waals surface area contributed by atoms with Gasteiger partial charge < -0.3 is 24.1 Å². The van der Waals surface area contributed by atoms with Crippen molar-refractivity contribution in [2.45, 2.75) is 78.9 Å². The van der Waals surface area contributed by atoms with Crippen LogP contribution in [0.3, 0.4) is 0 Å². The summed E-state index contributed by atoms with van der Waals surface area (Å²) in [5, 5.41) is 7.00. The van der Waals surface area contributed by atoms with E-state index in [1.54, 1.807) is 12.1 Å². The maximum absolute atomic E-state index is 11.8. The predicted octanol–water partition coefficient (Wildman–Crippen LogP) is 7.37. The first-order valence-corrected chi connectivity index (χ1v) is 15.9. The minimum absolute atomic E-state index is 0.176. The van der Waals surface area contributed by atoms with Crippen molar-refractivity contribution in [1.29, 1.82) is 0 Å². The van der Waals surface area contributed by atoms with Gasteiger partial charge in [0.15, 0.2) is 0 Å². The van der Waals surface area contributed by atoms with Crippen LogP contribution in [0.1, 0.15) is 85.0 Å². The second-order valence-corrected chi connectivity index (χ2v) is 10.2. The summed E-state index contributed by atoms with van der Waals surface area (Å²) >= 11 is 0. The van der Waals surface area contributed by atoms with E-state index < -0.39 is 0 Å². The standard InChI is InChI=1S/C31H37NO5.C3H6.C2H6.CH4O.CH2O/c1-24-11-13-26(14-12-24)23-37-29-9-5-4-8-27(29)19-21-32(20-7-6-10-30(33)35-2)22-25-15-17-28(18-16-25)31(34)36-3;1-2-3-1;3*1-2/h4-5,8-9,11-18H,6-7,10,19-23H2,1-3H3;1-3H2;1-2H3;2H,1H3;1H2. The molecule has 1 aliphatic rings. The van der Waals surface area contributed by atoms with Gasteiger partial charge in [-0.1, -0.05) is 93.3 Å². The first-order chi connectivity index (χ1) is 22.5. The average molecular weight is 638 g/mol. The molecule has 0 radical (unpaired) electrons. The van der Waals surface area contributed by atoms with E-state index in [-0.39, 0.29) is 11.9 Å². The Balaban J connectivity index is 0.00000201. The Morgan fingerprint density at radius 3 is 1.93 bits per heavy atom. The number of aliphatic hydroxyl groups is 1. The molecule has 1 fully saturated rings. The molecule has 0 aliphatic heterocycles. The van der Waals surface area contributed by atoms with E-state index in [9.17, 15) is 9.59 Å². The van der Waals surface area contributed by atoms with Crippen molar-refractivity contribution < 1.29 is 33.7 Å². The van der Waals surface area contributed by atoms with Crippen LogP contribution in [0.5, 0.6) is 5.75 Å². The van der Waals surface area contributed by atoms with Gasteiger partial charge in [-0.05, 0) is 67.6 Å². The zero-order valence-corrected chi connectivity index (χ0v) is 28.8. The average Bonchev–Trinajstić information content (AvgIpc) is 4.02. The molecule has 8 heteroatoms. The van der Waals surface area contributed by atoms with Gasteiger partial charge in [-0.15, -0.1) is 0 Å². The minimum atomic E-state index is -0.339. The number of hydrogen-bond donors (Lipinski definition) is 1. The molecule has 0 heterocycles. The van der Waals surface area contributed by atoms with Gasteiger partial charge >= 0.3 is 11.9 Å². The molecule has 0 atom stereocenters. The maximum Gasteiger partial charge on any atom is 0.337 e. The number of rotatable bonds is 14. The Kier molecular flexibility index (Phi) is 24.9. The third-order valence-corrected chi connectivity index (χ3v) is 6.65. The molecule has 3 aromatic rings. The lowest BCUT2D eigenvalue weighted by Gasteiger charge is -2.23. The lowest BCUT2D eigenvalue weighted by molar-refractivity contribution is -0.140. The third-order valence-electron chi connectivity index (χ3n) is 6.65. The Bertz CT molecular complexity index is 1190. The number of nitrogens with zero attached hydrogens (tertiary/aromatic N) is 1. The zero-order valence-electron chi connectivity index (χ0n) is 28.8. The summed E-state index contributed by atoms with van der Waals surface area (Å²) in [5.74, 6) is 0.384. The van der Waals surface area contributed by atoms with Crippen molar-refractivity contribution >= 4 is 18.7 Å². The summed E-state index contributed by atoms with van der Waals surface area (Å²) in [6.45, 7) is 11.0. The second-order valence-electron chi connectivity index (χ2n) is 10.2. The lowest BCUT2D eigenvalue weighted by Crippen LogP contribution is -2.27. The molecule has 4 rings (SSSR count). The Hall–Kier alpha value is -4.01. The van der Waals surface area contributed by atoms with E-state index in [4.69, 9.17) is 24.1 Å². The van der Waals surface area contributed by atoms with E-state index in [0.717, 1.165) is 68.4 Å². The Morgan fingerprint density at radius 1 is 0.783 bits per heavy atom. The molecule has 1 saturated carbocycles. The van der Waals surface area contributed by atoms with Gasteiger partial charge in [0.25, 0.3) is 0 Å². The summed E-state index contributed by atoms with van der Waals surface area (Å²) < 4.78 is 15.8. The van der Waals surface area contributed by atoms with Crippen LogP contribution in [0.2, 0.25) is 0 Å². The fraction of sp³-hybridized carbons (Fsp3) is 0.447. The highest BCUT2D eigenvalue weighted by Crippen LogP contribution is 2.21. The molecule has 46 heavy (non-hydrogen) atoms. The summed E-state index contributed by atoms with van der Waals surface area (Å²) in [6, 6.07) is 24.1. The first kappa shape index (κ1) is 42.0. The Labute approximate surface area is 276 Å². The number of carbonyl (C=O) groups excluding carboxylic acids is 3. The molecule has 1 aliphatic carbocycles. The van der Waals surface area contributed by atoms with Gasteiger partial charge in [-0.25, -0.2) is 4.79 Å². The summed E-state index contributed by atoms with van der Waals surface area (Å²) in [4.78, 5) is 33.6. The highest BCUT2D eigenvalue weighted by atomic mass is 16.5. The first-order valence-electron chi connectivity index (χ1n) is 15.9. The second kappa shape index (κ2) is 27.3. The fourth-order valence-electron chi connectivity index (χ4n) is 4.07. The highest BCUT2D eigenvalue weighted by Gasteiger charge is 2.12. The maximum atomic E-state index is 11.8. The molecule has 0 spiro atoms. The lowest BCUT2D eigenvalue weighted by atomic mass is 10.1. The van der Waals surface area contributed by atoms with Crippen LogP contribution in [0.25, 0.3) is 0 Å². The quantitative estimate of drug-likeness (QED) is 0.144. The molecule has 3 aromatic carbocycles. The van der Waals surface area contributed by atoms with Gasteiger partial charge in [0.1, 0.15) is 19.1 Å². The molecule has 8 nitrogen and oxygen atoms in total. The zero-order chi connectivity index (χ0) is 34.6. The van der Waals surface area contributed by atoms with Crippen LogP contribution < -0.4 is 4.74 Å². The van der Waals surface area contributed by atoms with Gasteiger partial charge in [0.2, 0.25) is 0 Å². The third kappa shape index (κ3) is 18.7. The van der Waals surface area contributed by atoms with Crippen LogP contribution in [0.15, 0.2) is 72.8 Å². The molecular weight excluding hydrogens is 582 g/mol. The topological polar surface area (TPSA) is 102 Å². The fourth-order valence-corrected chi connectivity index (χ4v) is 4.07. The molecule has 1 N–H and O–H groups in total. The number of aliphatic hydroxyl groups excluding tert-OH is 1. The van der Waals surface area contributed by atoms with Gasteiger partial charge in [-0.2, -0.15) is 0 Å². The van der Waals surface area contributed by atoms with Crippen molar-refractivity contribution in [1.82, 2.24) is 4.90 Å². The van der Waals surface area contributed by atoms with E-state index in [1.165, 1.54) is 39.0 Å². The van der Waals surface area contributed by atoms with Gasteiger partial charge in [-0.3, -0.25) is 9.69 Å². The van der Waals surface area contributed by atoms with E-state index in [0.29, 0.717) is 18.6 Å². The summed E-state index contributed by atoms with van der Waals surface area (Å²) in [5.41, 5.74) is 5.19. The molecular formula is C38H55NO7. The molecule has 0 aromatic heterocycles. The van der Waals surface area contributed by atoms with Crippen molar-refractivity contribution in [2.24, 2.45) is 0 Å². The number of para-hydroxylation sites is 1. The summed E-state index contributed by atoms with van der Waals surface area (Å²) in [6.07, 6.45) is 7.43. The van der Waals surface area contributed by atoms with Crippen molar-refractivity contribution in [3.05, 3.63) is 101 Å². The minimum Gasteiger partial charge on any atom is -0.489 e. The highest BCUT2D eigenvalue weighted by molar-refractivity contribution is 5.89. The van der Waals surface area contributed by atoms with Crippen LogP contribution in [0, 0.1) is 6.92 Å². The van der Waals surface area contributed by atoms with Crippen molar-refractivity contribution in [3.8, 4) is 5.75 Å². The number of methoxy groups -OCH3 is 2. The summed E-state index contributed by atoms with van der Waals surface area (Å²) in [7, 11) is 3.81. The number of unbranched alkanes of at least 4 members (excludes halogenated alkanes) is 1. The molecule has 0 bridgehead atoms. The van der Waals surface area contributed by atoms with E-state index in [2.05, 4.69) is 42.2 Å². The normalized spacial score (nSPS) is 10.6. The number of aryl methyl sites for hydroxylation is 1. The van der Waals surface area contributed by atoms with Crippen LogP contribution in [0.4, 0.5) is 0 Å². The number of hydrogen-bond acceptors (Lipinski definition) is 8. The Morgan fingerprint density at radius 2 is 1.37 bits per heavy atom. The number of ether oxygens (including phenoxy) is 3. The molecule has 0 amide bonds. The van der Waals surface area contributed by atoms with Crippen LogP contribution in [-0.2, 0) is 38.6 Å². The molecule has 0 unspecified atom stereocenters. The largest absolute Gasteiger partial charge is 0.489 e. The van der Waals surface area contributed by atoms with E-state index >= 15 is 0 Å². The van der Waals surface area contributed by atoms with Crippen molar-refractivity contribution in [2.75, 3.05) is 34.4 Å². The van der Waals surface area contributed by atoms with Crippen LogP contribution in [-0.4, -0.2) is 63.2 Å². The monoisotopic (exact) mass is 637 g/mol. The van der Waals surface area contributed by atoms with Gasteiger partial charge in [0.05, 0.1) is 19.8 Å².